The van der Waals surface area contributed by atoms with Gasteiger partial charge in [0.25, 0.3) is 11.8 Å². The van der Waals surface area contributed by atoms with Crippen molar-refractivity contribution in [1.82, 2.24) is 10.2 Å². The number of carbonyl (C=O) groups excluding carboxylic acids is 2. The summed E-state index contributed by atoms with van der Waals surface area (Å²) in [6, 6.07) is 3.06. The molecule has 1 fully saturated rings. The van der Waals surface area contributed by atoms with Crippen LogP contribution in [-0.4, -0.2) is 52.7 Å². The van der Waals surface area contributed by atoms with Crippen LogP contribution >= 0.6 is 28.1 Å². The molecule has 0 radical (unpaired) electrons. The molecule has 0 aromatic heterocycles. The summed E-state index contributed by atoms with van der Waals surface area (Å²) in [5.74, 6) is -1.81. The Morgan fingerprint density at radius 3 is 2.64 bits per heavy atom. The first kappa shape index (κ1) is 21.6. The minimum absolute atomic E-state index is 0.0125. The number of halogens is 1. The highest BCUT2D eigenvalue weighted by molar-refractivity contribution is 9.10. The zero-order valence-electron chi connectivity index (χ0n) is 14.9. The van der Waals surface area contributed by atoms with Crippen LogP contribution in [0.3, 0.4) is 0 Å². The monoisotopic (exact) mass is 468 g/mol. The van der Waals surface area contributed by atoms with Gasteiger partial charge in [-0.1, -0.05) is 22.0 Å². The highest BCUT2D eigenvalue weighted by Crippen LogP contribution is 2.35. The average Bonchev–Trinajstić information content (AvgIpc) is 2.63. The van der Waals surface area contributed by atoms with E-state index in [0.717, 1.165) is 0 Å². The molecule has 148 valence electrons. The van der Waals surface area contributed by atoms with Crippen molar-refractivity contribution in [2.45, 2.75) is 6.92 Å². The molecule has 0 atom stereocenters. The molecule has 2 amide bonds. The van der Waals surface area contributed by atoms with Crippen molar-refractivity contribution in [3.63, 3.8) is 0 Å². The van der Waals surface area contributed by atoms with Gasteiger partial charge in [0, 0.05) is 11.0 Å². The molecule has 1 aliphatic rings. The summed E-state index contributed by atoms with van der Waals surface area (Å²) in [4.78, 5) is 36.9. The topological polar surface area (TPSA) is 105 Å². The number of amides is 2. The molecule has 1 aliphatic heterocycles. The van der Waals surface area contributed by atoms with Gasteiger partial charge < -0.3 is 14.6 Å². The van der Waals surface area contributed by atoms with Gasteiger partial charge in [-0.2, -0.15) is 0 Å². The number of nitrogens with zero attached hydrogens (tertiary/aromatic N) is 1. The first-order valence-corrected chi connectivity index (χ1v) is 9.29. The fourth-order valence-corrected chi connectivity index (χ4v) is 3.01. The van der Waals surface area contributed by atoms with Crippen molar-refractivity contribution in [1.29, 1.82) is 0 Å². The lowest BCUT2D eigenvalue weighted by atomic mass is 10.1. The minimum atomic E-state index is -1.13. The molecule has 28 heavy (non-hydrogen) atoms. The van der Waals surface area contributed by atoms with Crippen LogP contribution in [0.4, 0.5) is 0 Å². The van der Waals surface area contributed by atoms with E-state index in [1.54, 1.807) is 13.0 Å². The third kappa shape index (κ3) is 4.96. The fourth-order valence-electron chi connectivity index (χ4n) is 2.33. The summed E-state index contributed by atoms with van der Waals surface area (Å²) in [5.41, 5.74) is 0.355. The molecular weight excluding hydrogens is 452 g/mol. The molecule has 0 spiro atoms. The van der Waals surface area contributed by atoms with Crippen molar-refractivity contribution in [2.24, 2.45) is 0 Å². The Kier molecular flexibility index (Phi) is 7.30. The number of hydrogen-bond donors (Lipinski definition) is 2. The summed E-state index contributed by atoms with van der Waals surface area (Å²) in [6.07, 6.45) is 2.89. The molecule has 0 unspecified atom stereocenters. The Bertz CT molecular complexity index is 883. The van der Waals surface area contributed by atoms with Crippen molar-refractivity contribution < 1.29 is 29.0 Å². The molecule has 0 saturated carbocycles. The maximum absolute atomic E-state index is 12.6. The van der Waals surface area contributed by atoms with E-state index in [2.05, 4.69) is 27.8 Å². The first-order valence-electron chi connectivity index (χ1n) is 8.09. The minimum Gasteiger partial charge on any atom is -0.490 e. The zero-order chi connectivity index (χ0) is 20.8. The molecule has 1 aromatic rings. The predicted octanol–water partition coefficient (Wildman–Crippen LogP) is 2.12. The van der Waals surface area contributed by atoms with Gasteiger partial charge in [0.2, 0.25) is 0 Å². The van der Waals surface area contributed by atoms with Gasteiger partial charge in [-0.05, 0) is 42.9 Å². The van der Waals surface area contributed by atoms with Crippen molar-refractivity contribution in [2.75, 3.05) is 19.8 Å². The second kappa shape index (κ2) is 9.47. The summed E-state index contributed by atoms with van der Waals surface area (Å²) in [5, 5.41) is 11.3. The van der Waals surface area contributed by atoms with Gasteiger partial charge in [-0.15, -0.1) is 6.58 Å². The van der Waals surface area contributed by atoms with Crippen LogP contribution in [0, 0.1) is 0 Å². The molecule has 1 heterocycles. The molecule has 8 nitrogen and oxygen atoms in total. The van der Waals surface area contributed by atoms with E-state index in [9.17, 15) is 14.4 Å². The average molecular weight is 469 g/mol. The molecule has 0 aliphatic carbocycles. The number of carboxylic acid groups (broad SMARTS) is 1. The molecule has 1 saturated heterocycles. The van der Waals surface area contributed by atoms with Gasteiger partial charge in [-0.25, -0.2) is 4.79 Å². The fraction of sp³-hybridized carbons (Fsp3) is 0.222. The van der Waals surface area contributed by atoms with Crippen LogP contribution < -0.4 is 14.8 Å². The lowest BCUT2D eigenvalue weighted by molar-refractivity contribution is -0.139. The summed E-state index contributed by atoms with van der Waals surface area (Å²) in [6.45, 7) is 5.25. The highest BCUT2D eigenvalue weighted by atomic mass is 79.9. The maximum Gasteiger partial charge on any atom is 0.341 e. The molecule has 0 bridgehead atoms. The Morgan fingerprint density at radius 2 is 2.04 bits per heavy atom. The van der Waals surface area contributed by atoms with E-state index in [1.807, 2.05) is 0 Å². The smallest absolute Gasteiger partial charge is 0.341 e. The molecule has 1 aromatic carbocycles. The number of nitrogens with one attached hydrogen (secondary N) is 1. The van der Waals surface area contributed by atoms with Crippen LogP contribution in [0.25, 0.3) is 6.08 Å². The molecule has 10 heteroatoms. The van der Waals surface area contributed by atoms with Crippen LogP contribution in [0.2, 0.25) is 0 Å². The zero-order valence-corrected chi connectivity index (χ0v) is 17.3. The second-order valence-corrected chi connectivity index (χ2v) is 6.70. The van der Waals surface area contributed by atoms with Gasteiger partial charge in [0.15, 0.2) is 23.2 Å². The van der Waals surface area contributed by atoms with Gasteiger partial charge in [0.1, 0.15) is 5.57 Å². The lowest BCUT2D eigenvalue weighted by Crippen LogP contribution is -2.53. The summed E-state index contributed by atoms with van der Waals surface area (Å²) < 4.78 is 11.2. The predicted molar refractivity (Wildman–Crippen MR) is 109 cm³/mol. The molecule has 2 N–H and O–H groups in total. The largest absolute Gasteiger partial charge is 0.490 e. The normalized spacial score (nSPS) is 15.4. The standard InChI is InChI=1S/C18H17BrN2O6S/c1-3-5-21-17(25)11(16(24)20-18(21)28)6-10-7-13(26-4-2)14(8-12(10)19)27-9-15(22)23/h3,6-8H,1,4-5,9H2,2H3,(H,22,23)(H,20,24,28)/b11-6-. The number of rotatable bonds is 8. The van der Waals surface area contributed by atoms with Crippen molar-refractivity contribution in [3.05, 3.63) is 40.4 Å². The Labute approximate surface area is 174 Å². The van der Waals surface area contributed by atoms with Gasteiger partial charge in [-0.3, -0.25) is 19.8 Å². The van der Waals surface area contributed by atoms with Crippen LogP contribution in [0.5, 0.6) is 11.5 Å². The SMILES string of the molecule is C=CCN1C(=O)/C(=C\c2cc(OCC)c(OCC(=O)O)cc2Br)C(=O)NC1=S. The second-order valence-electron chi connectivity index (χ2n) is 5.46. The Balaban J connectivity index is 2.45. The lowest BCUT2D eigenvalue weighted by Gasteiger charge is -2.27. The number of carbonyl (C=O) groups is 3. The van der Waals surface area contributed by atoms with E-state index in [-0.39, 0.29) is 28.7 Å². The first-order chi connectivity index (χ1) is 13.3. The number of aliphatic carboxylic acids is 1. The number of benzene rings is 1. The van der Waals surface area contributed by atoms with Gasteiger partial charge in [0.05, 0.1) is 6.61 Å². The number of hydrogen-bond acceptors (Lipinski definition) is 6. The van der Waals surface area contributed by atoms with E-state index >= 15 is 0 Å². The Hall–Kier alpha value is -2.72. The number of thiocarbonyl (C=S) groups is 1. The quantitative estimate of drug-likeness (QED) is 0.260. The number of carboxylic acids is 1. The third-order valence-electron chi connectivity index (χ3n) is 3.51. The van der Waals surface area contributed by atoms with Crippen LogP contribution in [0.15, 0.2) is 34.8 Å². The van der Waals surface area contributed by atoms with Crippen molar-refractivity contribution in [3.8, 4) is 11.5 Å². The summed E-state index contributed by atoms with van der Waals surface area (Å²) in [7, 11) is 0. The van der Waals surface area contributed by atoms with Crippen molar-refractivity contribution >= 4 is 57.1 Å². The summed E-state index contributed by atoms with van der Waals surface area (Å²) >= 11 is 8.35. The van der Waals surface area contributed by atoms with E-state index in [4.69, 9.17) is 26.8 Å². The van der Waals surface area contributed by atoms with Crippen LogP contribution in [0.1, 0.15) is 12.5 Å². The van der Waals surface area contributed by atoms with Crippen LogP contribution in [-0.2, 0) is 14.4 Å². The maximum atomic E-state index is 12.6. The highest BCUT2D eigenvalue weighted by Gasteiger charge is 2.32. The third-order valence-corrected chi connectivity index (χ3v) is 4.52. The van der Waals surface area contributed by atoms with Gasteiger partial charge >= 0.3 is 5.97 Å². The Morgan fingerprint density at radius 1 is 1.36 bits per heavy atom. The molecule has 2 rings (SSSR count). The number of ether oxygens (including phenoxy) is 2. The molecular formula is C18H17BrN2O6S. The van der Waals surface area contributed by atoms with E-state index in [1.165, 1.54) is 23.1 Å². The van der Waals surface area contributed by atoms with E-state index < -0.39 is 24.4 Å². The van der Waals surface area contributed by atoms with E-state index in [0.29, 0.717) is 16.6 Å².